The lowest BCUT2D eigenvalue weighted by molar-refractivity contribution is -0.117. The van der Waals surface area contributed by atoms with Crippen molar-refractivity contribution in [3.63, 3.8) is 0 Å². The predicted octanol–water partition coefficient (Wildman–Crippen LogP) is 3.76. The second-order valence-corrected chi connectivity index (χ2v) is 6.43. The number of fused-ring (bicyclic) bond motifs is 1. The molecule has 6 nitrogen and oxygen atoms in total. The molecule has 1 aliphatic rings. The Bertz CT molecular complexity index is 862. The standard InChI is InChI=1S/C22H25NO5/c1-15(16-5-8-20-21(14-16)28-12-4-11-27-20)23-22(24)10-6-17-13-18(25-2)7-9-19(17)26-3/h5-10,13-15H,4,11-12H2,1-3H3,(H,23,24)/b10-6+. The van der Waals surface area contributed by atoms with E-state index >= 15 is 0 Å². The maximum atomic E-state index is 12.4. The van der Waals surface area contributed by atoms with Crippen molar-refractivity contribution < 1.29 is 23.7 Å². The highest BCUT2D eigenvalue weighted by molar-refractivity contribution is 5.92. The third kappa shape index (κ3) is 4.76. The zero-order valence-electron chi connectivity index (χ0n) is 16.4. The Balaban J connectivity index is 1.68. The molecule has 1 atom stereocenters. The summed E-state index contributed by atoms with van der Waals surface area (Å²) in [5.41, 5.74) is 1.71. The van der Waals surface area contributed by atoms with Crippen molar-refractivity contribution in [1.29, 1.82) is 0 Å². The molecule has 1 amide bonds. The Morgan fingerprint density at radius 1 is 1.07 bits per heavy atom. The zero-order chi connectivity index (χ0) is 19.9. The number of carbonyl (C=O) groups excluding carboxylic acids is 1. The second-order valence-electron chi connectivity index (χ2n) is 6.43. The van der Waals surface area contributed by atoms with Crippen LogP contribution in [-0.4, -0.2) is 33.3 Å². The predicted molar refractivity (Wildman–Crippen MR) is 107 cm³/mol. The molecule has 0 aromatic heterocycles. The van der Waals surface area contributed by atoms with Crippen LogP contribution < -0.4 is 24.3 Å². The van der Waals surface area contributed by atoms with Crippen molar-refractivity contribution in [1.82, 2.24) is 5.32 Å². The molecule has 148 valence electrons. The number of methoxy groups -OCH3 is 2. The van der Waals surface area contributed by atoms with E-state index in [-0.39, 0.29) is 11.9 Å². The summed E-state index contributed by atoms with van der Waals surface area (Å²) in [6.07, 6.45) is 4.04. The van der Waals surface area contributed by atoms with Gasteiger partial charge in [0.05, 0.1) is 33.5 Å². The third-order valence-corrected chi connectivity index (χ3v) is 4.48. The van der Waals surface area contributed by atoms with Crippen molar-refractivity contribution in [2.75, 3.05) is 27.4 Å². The van der Waals surface area contributed by atoms with Gasteiger partial charge in [-0.2, -0.15) is 0 Å². The van der Waals surface area contributed by atoms with E-state index in [2.05, 4.69) is 5.32 Å². The number of benzene rings is 2. The number of hydrogen-bond acceptors (Lipinski definition) is 5. The molecular weight excluding hydrogens is 358 g/mol. The second kappa shape index (κ2) is 9.17. The molecule has 0 radical (unpaired) electrons. The molecule has 1 heterocycles. The molecule has 0 saturated heterocycles. The summed E-state index contributed by atoms with van der Waals surface area (Å²) >= 11 is 0. The quantitative estimate of drug-likeness (QED) is 0.770. The van der Waals surface area contributed by atoms with Gasteiger partial charge in [0.1, 0.15) is 11.5 Å². The fourth-order valence-electron chi connectivity index (χ4n) is 2.93. The van der Waals surface area contributed by atoms with Crippen LogP contribution in [0.25, 0.3) is 6.08 Å². The molecule has 6 heteroatoms. The number of nitrogens with one attached hydrogen (secondary N) is 1. The molecule has 28 heavy (non-hydrogen) atoms. The van der Waals surface area contributed by atoms with E-state index in [1.54, 1.807) is 26.4 Å². The highest BCUT2D eigenvalue weighted by Crippen LogP contribution is 2.32. The monoisotopic (exact) mass is 383 g/mol. The van der Waals surface area contributed by atoms with Crippen LogP contribution in [0.1, 0.15) is 30.5 Å². The van der Waals surface area contributed by atoms with E-state index in [0.29, 0.717) is 30.5 Å². The van der Waals surface area contributed by atoms with Crippen LogP contribution >= 0.6 is 0 Å². The Kier molecular flexibility index (Phi) is 6.42. The van der Waals surface area contributed by atoms with Gasteiger partial charge in [0.15, 0.2) is 11.5 Å². The van der Waals surface area contributed by atoms with Crippen LogP contribution in [0.5, 0.6) is 23.0 Å². The van der Waals surface area contributed by atoms with Gasteiger partial charge in [0.2, 0.25) is 5.91 Å². The van der Waals surface area contributed by atoms with Crippen molar-refractivity contribution in [3.8, 4) is 23.0 Å². The van der Waals surface area contributed by atoms with E-state index in [1.807, 2.05) is 37.3 Å². The van der Waals surface area contributed by atoms with Gasteiger partial charge in [-0.25, -0.2) is 0 Å². The van der Waals surface area contributed by atoms with Crippen molar-refractivity contribution in [3.05, 3.63) is 53.6 Å². The summed E-state index contributed by atoms with van der Waals surface area (Å²) in [4.78, 5) is 12.4. The summed E-state index contributed by atoms with van der Waals surface area (Å²) < 4.78 is 21.9. The number of amides is 1. The molecule has 0 spiro atoms. The summed E-state index contributed by atoms with van der Waals surface area (Å²) in [6.45, 7) is 3.20. The van der Waals surface area contributed by atoms with Crippen LogP contribution in [0.15, 0.2) is 42.5 Å². The average Bonchev–Trinajstić information content (AvgIpc) is 2.96. The molecule has 0 fully saturated rings. The van der Waals surface area contributed by atoms with Crippen LogP contribution in [-0.2, 0) is 4.79 Å². The first kappa shape index (κ1) is 19.6. The Morgan fingerprint density at radius 3 is 2.61 bits per heavy atom. The van der Waals surface area contributed by atoms with Gasteiger partial charge in [0.25, 0.3) is 0 Å². The Labute approximate surface area is 165 Å². The van der Waals surface area contributed by atoms with E-state index in [0.717, 1.165) is 23.3 Å². The topological polar surface area (TPSA) is 66.0 Å². The number of carbonyl (C=O) groups is 1. The number of ether oxygens (including phenoxy) is 4. The van der Waals surface area contributed by atoms with E-state index in [4.69, 9.17) is 18.9 Å². The fourth-order valence-corrected chi connectivity index (χ4v) is 2.93. The molecule has 0 aliphatic carbocycles. The zero-order valence-corrected chi connectivity index (χ0v) is 16.4. The largest absolute Gasteiger partial charge is 0.497 e. The Morgan fingerprint density at radius 2 is 1.86 bits per heavy atom. The minimum absolute atomic E-state index is 0.179. The van der Waals surface area contributed by atoms with E-state index in [1.165, 1.54) is 6.08 Å². The molecule has 1 N–H and O–H groups in total. The van der Waals surface area contributed by atoms with Gasteiger partial charge in [-0.05, 0) is 48.9 Å². The van der Waals surface area contributed by atoms with E-state index in [9.17, 15) is 4.79 Å². The third-order valence-electron chi connectivity index (χ3n) is 4.48. The highest BCUT2D eigenvalue weighted by atomic mass is 16.5. The normalized spacial score (nSPS) is 14.2. The van der Waals surface area contributed by atoms with Crippen molar-refractivity contribution in [2.45, 2.75) is 19.4 Å². The lowest BCUT2D eigenvalue weighted by Gasteiger charge is -2.15. The molecular formula is C22H25NO5. The molecule has 2 aromatic rings. The van der Waals surface area contributed by atoms with E-state index < -0.39 is 0 Å². The molecule has 3 rings (SSSR count). The van der Waals surface area contributed by atoms with Crippen molar-refractivity contribution in [2.24, 2.45) is 0 Å². The first-order chi connectivity index (χ1) is 13.6. The maximum absolute atomic E-state index is 12.4. The molecule has 0 saturated carbocycles. The first-order valence-corrected chi connectivity index (χ1v) is 9.21. The smallest absolute Gasteiger partial charge is 0.244 e. The molecule has 1 unspecified atom stereocenters. The van der Waals surface area contributed by atoms with Crippen LogP contribution in [0.2, 0.25) is 0 Å². The molecule has 1 aliphatic heterocycles. The van der Waals surface area contributed by atoms with Crippen LogP contribution in [0.3, 0.4) is 0 Å². The van der Waals surface area contributed by atoms with Gasteiger partial charge in [0, 0.05) is 18.1 Å². The minimum Gasteiger partial charge on any atom is -0.497 e. The van der Waals surface area contributed by atoms with Gasteiger partial charge >= 0.3 is 0 Å². The number of rotatable bonds is 6. The number of hydrogen-bond donors (Lipinski definition) is 1. The average molecular weight is 383 g/mol. The summed E-state index contributed by atoms with van der Waals surface area (Å²) in [5.74, 6) is 2.62. The lowest BCUT2D eigenvalue weighted by Crippen LogP contribution is -2.24. The van der Waals surface area contributed by atoms with Gasteiger partial charge in [-0.3, -0.25) is 4.79 Å². The van der Waals surface area contributed by atoms with Crippen LogP contribution in [0.4, 0.5) is 0 Å². The first-order valence-electron chi connectivity index (χ1n) is 9.21. The minimum atomic E-state index is -0.204. The van der Waals surface area contributed by atoms with Crippen LogP contribution in [0, 0.1) is 0 Å². The molecule has 2 aromatic carbocycles. The van der Waals surface area contributed by atoms with Crippen molar-refractivity contribution >= 4 is 12.0 Å². The molecule has 0 bridgehead atoms. The summed E-state index contributed by atoms with van der Waals surface area (Å²) in [6, 6.07) is 11.0. The summed E-state index contributed by atoms with van der Waals surface area (Å²) in [5, 5.41) is 2.96. The highest BCUT2D eigenvalue weighted by Gasteiger charge is 2.14. The lowest BCUT2D eigenvalue weighted by atomic mass is 10.1. The maximum Gasteiger partial charge on any atom is 0.244 e. The SMILES string of the molecule is COc1ccc(OC)c(/C=C/C(=O)NC(C)c2ccc3c(c2)OCCCO3)c1. The Hall–Kier alpha value is -3.15. The summed E-state index contributed by atoms with van der Waals surface area (Å²) in [7, 11) is 3.18. The van der Waals surface area contributed by atoms with Gasteiger partial charge in [-0.15, -0.1) is 0 Å². The van der Waals surface area contributed by atoms with Gasteiger partial charge in [-0.1, -0.05) is 6.07 Å². The fraction of sp³-hybridized carbons (Fsp3) is 0.318. The van der Waals surface area contributed by atoms with Gasteiger partial charge < -0.3 is 24.3 Å².